The fourth-order valence-electron chi connectivity index (χ4n) is 1.18. The maximum absolute atomic E-state index is 11.1. The number of carbonyl (C=O) groups excluding carboxylic acids is 1. The Kier molecular flexibility index (Phi) is 15.0. The Labute approximate surface area is 92.9 Å². The average molecular weight is 219 g/mol. The van der Waals surface area contributed by atoms with E-state index in [1.807, 2.05) is 0 Å². The maximum Gasteiger partial charge on any atom is 0.305 e. The standard InChI is InChI=1S/C11H22O3.H3N/c1-3-4-5-6-7-8-11(12)14-10-9-13-2;/h3-10H2,1-2H3;1H3. The van der Waals surface area contributed by atoms with Gasteiger partial charge < -0.3 is 15.6 Å². The number of methoxy groups -OCH3 is 1. The number of carbonyl (C=O) groups is 1. The molecule has 0 heterocycles. The zero-order valence-corrected chi connectivity index (χ0v) is 10.1. The molecule has 4 nitrogen and oxygen atoms in total. The van der Waals surface area contributed by atoms with Crippen molar-refractivity contribution in [3.63, 3.8) is 0 Å². The van der Waals surface area contributed by atoms with Gasteiger partial charge in [0.15, 0.2) is 0 Å². The van der Waals surface area contributed by atoms with Crippen LogP contribution in [0.4, 0.5) is 0 Å². The van der Waals surface area contributed by atoms with Gasteiger partial charge in [0.05, 0.1) is 6.61 Å². The molecule has 0 aromatic carbocycles. The highest BCUT2D eigenvalue weighted by Crippen LogP contribution is 2.05. The quantitative estimate of drug-likeness (QED) is 0.478. The molecule has 0 aliphatic heterocycles. The normalized spacial score (nSPS) is 9.47. The Morgan fingerprint density at radius 3 is 2.33 bits per heavy atom. The molecular weight excluding hydrogens is 194 g/mol. The van der Waals surface area contributed by atoms with Crippen molar-refractivity contribution in [2.45, 2.75) is 45.4 Å². The van der Waals surface area contributed by atoms with Crippen molar-refractivity contribution in [2.75, 3.05) is 20.3 Å². The van der Waals surface area contributed by atoms with Gasteiger partial charge in [-0.2, -0.15) is 0 Å². The largest absolute Gasteiger partial charge is 0.463 e. The summed E-state index contributed by atoms with van der Waals surface area (Å²) in [6, 6.07) is 0. The molecule has 0 fully saturated rings. The molecular formula is C11H25NO3. The summed E-state index contributed by atoms with van der Waals surface area (Å²) in [6.07, 6.45) is 6.35. The average Bonchev–Trinajstić information content (AvgIpc) is 2.18. The van der Waals surface area contributed by atoms with Gasteiger partial charge in [-0.3, -0.25) is 4.79 Å². The minimum atomic E-state index is -0.0986. The third-order valence-electron chi connectivity index (χ3n) is 2.03. The van der Waals surface area contributed by atoms with Crippen LogP contribution in [0, 0.1) is 0 Å². The molecule has 4 heteroatoms. The van der Waals surface area contributed by atoms with Crippen LogP contribution in [-0.4, -0.2) is 26.3 Å². The first kappa shape index (κ1) is 16.8. The molecule has 0 aliphatic carbocycles. The first-order valence-electron chi connectivity index (χ1n) is 5.45. The lowest BCUT2D eigenvalue weighted by Crippen LogP contribution is -2.09. The summed E-state index contributed by atoms with van der Waals surface area (Å²) in [4.78, 5) is 11.1. The number of hydrogen-bond donors (Lipinski definition) is 1. The highest BCUT2D eigenvalue weighted by Gasteiger charge is 2.01. The van der Waals surface area contributed by atoms with Crippen molar-refractivity contribution in [1.29, 1.82) is 0 Å². The Hall–Kier alpha value is -0.610. The molecule has 0 saturated heterocycles. The second-order valence-electron chi connectivity index (χ2n) is 3.38. The SMILES string of the molecule is CCCCCCCC(=O)OCCOC.N. The minimum absolute atomic E-state index is 0. The molecule has 3 N–H and O–H groups in total. The smallest absolute Gasteiger partial charge is 0.305 e. The summed E-state index contributed by atoms with van der Waals surface area (Å²) >= 11 is 0. The molecule has 0 unspecified atom stereocenters. The van der Waals surface area contributed by atoms with E-state index in [4.69, 9.17) is 9.47 Å². The van der Waals surface area contributed by atoms with Crippen LogP contribution in [0.2, 0.25) is 0 Å². The van der Waals surface area contributed by atoms with E-state index in [0.717, 1.165) is 12.8 Å². The van der Waals surface area contributed by atoms with E-state index in [9.17, 15) is 4.79 Å². The topological polar surface area (TPSA) is 70.5 Å². The number of ether oxygens (including phenoxy) is 2. The van der Waals surface area contributed by atoms with Crippen molar-refractivity contribution in [1.82, 2.24) is 6.15 Å². The van der Waals surface area contributed by atoms with Gasteiger partial charge in [0.1, 0.15) is 6.61 Å². The van der Waals surface area contributed by atoms with E-state index in [-0.39, 0.29) is 12.1 Å². The molecule has 15 heavy (non-hydrogen) atoms. The van der Waals surface area contributed by atoms with Crippen molar-refractivity contribution in [3.05, 3.63) is 0 Å². The van der Waals surface area contributed by atoms with E-state index in [0.29, 0.717) is 19.6 Å². The summed E-state index contributed by atoms with van der Waals surface area (Å²) < 4.78 is 9.70. The summed E-state index contributed by atoms with van der Waals surface area (Å²) in [5, 5.41) is 0. The van der Waals surface area contributed by atoms with Crippen LogP contribution in [-0.2, 0) is 14.3 Å². The maximum atomic E-state index is 11.1. The Balaban J connectivity index is 0. The van der Waals surface area contributed by atoms with E-state index in [2.05, 4.69) is 6.92 Å². The highest BCUT2D eigenvalue weighted by molar-refractivity contribution is 5.69. The van der Waals surface area contributed by atoms with Crippen LogP contribution in [0.15, 0.2) is 0 Å². The van der Waals surface area contributed by atoms with Crippen LogP contribution in [0.25, 0.3) is 0 Å². The summed E-state index contributed by atoms with van der Waals surface area (Å²) in [5.74, 6) is -0.0986. The Bertz CT molecular complexity index is 140. The fraction of sp³-hybridized carbons (Fsp3) is 0.909. The molecule has 0 saturated carbocycles. The highest BCUT2D eigenvalue weighted by atomic mass is 16.6. The minimum Gasteiger partial charge on any atom is -0.463 e. The van der Waals surface area contributed by atoms with E-state index in [1.165, 1.54) is 19.3 Å². The van der Waals surface area contributed by atoms with Gasteiger partial charge in [-0.25, -0.2) is 0 Å². The fourth-order valence-corrected chi connectivity index (χ4v) is 1.18. The van der Waals surface area contributed by atoms with E-state index >= 15 is 0 Å². The third kappa shape index (κ3) is 13.4. The van der Waals surface area contributed by atoms with Gasteiger partial charge in [-0.15, -0.1) is 0 Å². The monoisotopic (exact) mass is 219 g/mol. The second kappa shape index (κ2) is 13.4. The molecule has 0 rings (SSSR count). The van der Waals surface area contributed by atoms with Crippen molar-refractivity contribution >= 4 is 5.97 Å². The van der Waals surface area contributed by atoms with Gasteiger partial charge in [-0.1, -0.05) is 32.6 Å². The molecule has 0 amide bonds. The van der Waals surface area contributed by atoms with E-state index < -0.39 is 0 Å². The van der Waals surface area contributed by atoms with Gasteiger partial charge in [0.25, 0.3) is 0 Å². The van der Waals surface area contributed by atoms with Crippen LogP contribution in [0.1, 0.15) is 45.4 Å². The van der Waals surface area contributed by atoms with Crippen molar-refractivity contribution < 1.29 is 14.3 Å². The van der Waals surface area contributed by atoms with Crippen molar-refractivity contribution in [2.24, 2.45) is 0 Å². The predicted molar refractivity (Wildman–Crippen MR) is 61.2 cm³/mol. The van der Waals surface area contributed by atoms with Gasteiger partial charge >= 0.3 is 5.97 Å². The summed E-state index contributed by atoms with van der Waals surface area (Å²) in [5.41, 5.74) is 0. The Morgan fingerprint density at radius 2 is 1.73 bits per heavy atom. The lowest BCUT2D eigenvalue weighted by molar-refractivity contribution is -0.145. The number of unbranched alkanes of at least 4 members (excludes halogenated alkanes) is 4. The summed E-state index contributed by atoms with van der Waals surface area (Å²) in [6.45, 7) is 3.05. The van der Waals surface area contributed by atoms with Gasteiger partial charge in [-0.05, 0) is 6.42 Å². The summed E-state index contributed by atoms with van der Waals surface area (Å²) in [7, 11) is 1.60. The lowest BCUT2D eigenvalue weighted by Gasteiger charge is -2.03. The molecule has 0 aromatic rings. The Morgan fingerprint density at radius 1 is 1.07 bits per heavy atom. The zero-order valence-electron chi connectivity index (χ0n) is 10.1. The van der Waals surface area contributed by atoms with Gasteiger partial charge in [0.2, 0.25) is 0 Å². The molecule has 0 spiro atoms. The number of rotatable bonds is 9. The molecule has 0 bridgehead atoms. The van der Waals surface area contributed by atoms with E-state index in [1.54, 1.807) is 7.11 Å². The number of hydrogen-bond acceptors (Lipinski definition) is 4. The predicted octanol–water partition coefficient (Wildman–Crippen LogP) is 2.70. The van der Waals surface area contributed by atoms with Gasteiger partial charge in [0, 0.05) is 13.5 Å². The van der Waals surface area contributed by atoms with Crippen LogP contribution < -0.4 is 6.15 Å². The third-order valence-corrected chi connectivity index (χ3v) is 2.03. The van der Waals surface area contributed by atoms with Crippen LogP contribution in [0.5, 0.6) is 0 Å². The zero-order chi connectivity index (χ0) is 10.6. The van der Waals surface area contributed by atoms with Crippen LogP contribution in [0.3, 0.4) is 0 Å². The molecule has 0 atom stereocenters. The molecule has 0 aromatic heterocycles. The first-order chi connectivity index (χ1) is 6.81. The first-order valence-corrected chi connectivity index (χ1v) is 5.45. The van der Waals surface area contributed by atoms with Crippen LogP contribution >= 0.6 is 0 Å². The molecule has 0 aliphatic rings. The molecule has 0 radical (unpaired) electrons. The number of esters is 1. The molecule has 92 valence electrons. The van der Waals surface area contributed by atoms with Crippen molar-refractivity contribution in [3.8, 4) is 0 Å². The lowest BCUT2D eigenvalue weighted by atomic mass is 10.1. The second-order valence-corrected chi connectivity index (χ2v) is 3.38.